The standard InChI is InChI=1S/C29H34ClN3O4S/c1-5-16-31-29(35)23(4)32(19-24-9-6-8-22(3)17-24)28(34)20-33(26-11-7-10-25(30)18-26)38(36,37)27-14-12-21(2)13-15-27/h6-15,17-18,23H,5,16,19-20H2,1-4H3,(H,31,35)/t23-/m1/s1. The zero-order valence-corrected chi connectivity index (χ0v) is 23.7. The first-order valence-corrected chi connectivity index (χ1v) is 14.3. The molecule has 3 aromatic carbocycles. The van der Waals surface area contributed by atoms with Gasteiger partial charge in [-0.1, -0.05) is 72.1 Å². The minimum Gasteiger partial charge on any atom is -0.354 e. The van der Waals surface area contributed by atoms with Gasteiger partial charge in [0.2, 0.25) is 11.8 Å². The van der Waals surface area contributed by atoms with Crippen LogP contribution in [0.15, 0.2) is 77.7 Å². The molecule has 0 saturated heterocycles. The summed E-state index contributed by atoms with van der Waals surface area (Å²) in [6, 6.07) is 19.6. The molecule has 3 rings (SSSR count). The third-order valence-electron chi connectivity index (χ3n) is 6.14. The third kappa shape index (κ3) is 7.36. The van der Waals surface area contributed by atoms with E-state index < -0.39 is 28.5 Å². The van der Waals surface area contributed by atoms with Crippen molar-refractivity contribution in [2.75, 3.05) is 17.4 Å². The van der Waals surface area contributed by atoms with Crippen molar-refractivity contribution < 1.29 is 18.0 Å². The molecule has 0 radical (unpaired) electrons. The summed E-state index contributed by atoms with van der Waals surface area (Å²) in [5.41, 5.74) is 3.01. The van der Waals surface area contributed by atoms with Gasteiger partial charge < -0.3 is 10.2 Å². The lowest BCUT2D eigenvalue weighted by Gasteiger charge is -2.32. The van der Waals surface area contributed by atoms with Gasteiger partial charge in [0.15, 0.2) is 0 Å². The minimum atomic E-state index is -4.13. The van der Waals surface area contributed by atoms with Gasteiger partial charge in [-0.05, 0) is 63.1 Å². The normalized spacial score (nSPS) is 12.0. The number of hydrogen-bond donors (Lipinski definition) is 1. The molecule has 2 amide bonds. The molecule has 38 heavy (non-hydrogen) atoms. The lowest BCUT2D eigenvalue weighted by molar-refractivity contribution is -0.139. The number of rotatable bonds is 11. The van der Waals surface area contributed by atoms with Gasteiger partial charge in [0.25, 0.3) is 10.0 Å². The van der Waals surface area contributed by atoms with E-state index >= 15 is 0 Å². The van der Waals surface area contributed by atoms with Crippen LogP contribution in [0.3, 0.4) is 0 Å². The Bertz CT molecular complexity index is 1380. The monoisotopic (exact) mass is 555 g/mol. The number of aryl methyl sites for hydroxylation is 2. The second kappa shape index (κ2) is 12.9. The van der Waals surface area contributed by atoms with Gasteiger partial charge in [-0.25, -0.2) is 8.42 Å². The smallest absolute Gasteiger partial charge is 0.264 e. The van der Waals surface area contributed by atoms with E-state index in [0.29, 0.717) is 11.6 Å². The number of anilines is 1. The molecule has 0 aromatic heterocycles. The van der Waals surface area contributed by atoms with Crippen molar-refractivity contribution in [2.45, 2.75) is 51.6 Å². The van der Waals surface area contributed by atoms with Crippen LogP contribution in [0.5, 0.6) is 0 Å². The summed E-state index contributed by atoms with van der Waals surface area (Å²) >= 11 is 6.20. The fourth-order valence-electron chi connectivity index (χ4n) is 3.98. The molecule has 1 atom stereocenters. The number of carbonyl (C=O) groups excluding carboxylic acids is 2. The highest BCUT2D eigenvalue weighted by Crippen LogP contribution is 2.27. The zero-order valence-electron chi connectivity index (χ0n) is 22.1. The van der Waals surface area contributed by atoms with Crippen LogP contribution in [0.25, 0.3) is 0 Å². The molecule has 7 nitrogen and oxygen atoms in total. The minimum absolute atomic E-state index is 0.0508. The molecule has 0 aliphatic heterocycles. The van der Waals surface area contributed by atoms with Gasteiger partial charge in [0, 0.05) is 18.1 Å². The predicted octanol–water partition coefficient (Wildman–Crippen LogP) is 5.10. The molecule has 0 aliphatic rings. The third-order valence-corrected chi connectivity index (χ3v) is 8.16. The summed E-state index contributed by atoms with van der Waals surface area (Å²) in [6.07, 6.45) is 0.752. The maximum Gasteiger partial charge on any atom is 0.264 e. The Kier molecular flexibility index (Phi) is 9.94. The van der Waals surface area contributed by atoms with Crippen LogP contribution < -0.4 is 9.62 Å². The van der Waals surface area contributed by atoms with Crippen molar-refractivity contribution in [1.29, 1.82) is 0 Å². The molecule has 0 heterocycles. The first-order chi connectivity index (χ1) is 18.0. The molecule has 1 N–H and O–H groups in total. The van der Waals surface area contributed by atoms with Crippen molar-refractivity contribution in [1.82, 2.24) is 10.2 Å². The van der Waals surface area contributed by atoms with Gasteiger partial charge in [0.1, 0.15) is 12.6 Å². The number of nitrogens with one attached hydrogen (secondary N) is 1. The maximum absolute atomic E-state index is 13.9. The SMILES string of the molecule is CCCNC(=O)[C@@H](C)N(Cc1cccc(C)c1)C(=O)CN(c1cccc(Cl)c1)S(=O)(=O)c1ccc(C)cc1. The van der Waals surface area contributed by atoms with E-state index in [-0.39, 0.29) is 23.0 Å². The molecule has 0 aliphatic carbocycles. The van der Waals surface area contributed by atoms with Crippen LogP contribution in [-0.2, 0) is 26.2 Å². The Labute approximate surface area is 230 Å². The van der Waals surface area contributed by atoms with Crippen LogP contribution in [0.4, 0.5) is 5.69 Å². The summed E-state index contributed by atoms with van der Waals surface area (Å²) in [6.45, 7) is 7.52. The number of amides is 2. The second-order valence-electron chi connectivity index (χ2n) is 9.28. The molecular formula is C29H34ClN3O4S. The Morgan fingerprint density at radius 1 is 0.947 bits per heavy atom. The van der Waals surface area contributed by atoms with Crippen LogP contribution in [-0.4, -0.2) is 44.3 Å². The van der Waals surface area contributed by atoms with E-state index in [1.54, 1.807) is 37.3 Å². The number of sulfonamides is 1. The van der Waals surface area contributed by atoms with Crippen molar-refractivity contribution in [2.24, 2.45) is 0 Å². The van der Waals surface area contributed by atoms with Crippen LogP contribution in [0.2, 0.25) is 5.02 Å². The van der Waals surface area contributed by atoms with Crippen LogP contribution in [0, 0.1) is 13.8 Å². The molecule has 9 heteroatoms. The zero-order chi connectivity index (χ0) is 27.9. The number of halogens is 1. The fraction of sp³-hybridized carbons (Fsp3) is 0.310. The highest BCUT2D eigenvalue weighted by molar-refractivity contribution is 7.92. The summed E-state index contributed by atoms with van der Waals surface area (Å²) in [5.74, 6) is -0.815. The number of carbonyl (C=O) groups is 2. The van der Waals surface area contributed by atoms with Gasteiger partial charge in [-0.15, -0.1) is 0 Å². The second-order valence-corrected chi connectivity index (χ2v) is 11.6. The van der Waals surface area contributed by atoms with E-state index in [9.17, 15) is 18.0 Å². The predicted molar refractivity (Wildman–Crippen MR) is 152 cm³/mol. The molecule has 202 valence electrons. The van der Waals surface area contributed by atoms with Gasteiger partial charge >= 0.3 is 0 Å². The first kappa shape index (κ1) is 29.2. The number of nitrogens with zero attached hydrogens (tertiary/aromatic N) is 2. The van der Waals surface area contributed by atoms with E-state index in [4.69, 9.17) is 11.6 Å². The number of benzene rings is 3. The lowest BCUT2D eigenvalue weighted by atomic mass is 10.1. The fourth-order valence-corrected chi connectivity index (χ4v) is 5.57. The Balaban J connectivity index is 2.02. The van der Waals surface area contributed by atoms with E-state index in [1.165, 1.54) is 23.1 Å². The van der Waals surface area contributed by atoms with Crippen molar-refractivity contribution >= 4 is 39.1 Å². The number of hydrogen-bond acceptors (Lipinski definition) is 4. The van der Waals surface area contributed by atoms with Crippen molar-refractivity contribution in [3.05, 3.63) is 94.5 Å². The highest BCUT2D eigenvalue weighted by atomic mass is 35.5. The summed E-state index contributed by atoms with van der Waals surface area (Å²) in [5, 5.41) is 3.17. The van der Waals surface area contributed by atoms with Crippen molar-refractivity contribution in [3.8, 4) is 0 Å². The van der Waals surface area contributed by atoms with E-state index in [2.05, 4.69) is 5.32 Å². The molecule has 0 fully saturated rings. The van der Waals surface area contributed by atoms with E-state index in [1.807, 2.05) is 45.0 Å². The largest absolute Gasteiger partial charge is 0.354 e. The molecule has 0 bridgehead atoms. The van der Waals surface area contributed by atoms with Gasteiger partial charge in [0.05, 0.1) is 10.6 Å². The Hall–Kier alpha value is -3.36. The van der Waals surface area contributed by atoms with Crippen LogP contribution >= 0.6 is 11.6 Å². The topological polar surface area (TPSA) is 86.8 Å². The molecule has 3 aromatic rings. The Morgan fingerprint density at radius 2 is 1.63 bits per heavy atom. The highest BCUT2D eigenvalue weighted by Gasteiger charge is 2.32. The first-order valence-electron chi connectivity index (χ1n) is 12.5. The molecule has 0 saturated carbocycles. The van der Waals surface area contributed by atoms with Gasteiger partial charge in [-0.3, -0.25) is 13.9 Å². The van der Waals surface area contributed by atoms with Gasteiger partial charge in [-0.2, -0.15) is 0 Å². The van der Waals surface area contributed by atoms with Crippen LogP contribution in [0.1, 0.15) is 37.0 Å². The molecular weight excluding hydrogens is 522 g/mol. The summed E-state index contributed by atoms with van der Waals surface area (Å²) in [4.78, 5) is 28.2. The maximum atomic E-state index is 13.9. The molecule has 0 unspecified atom stereocenters. The molecule has 0 spiro atoms. The average Bonchev–Trinajstić information content (AvgIpc) is 2.88. The summed E-state index contributed by atoms with van der Waals surface area (Å²) < 4.78 is 28.6. The van der Waals surface area contributed by atoms with E-state index in [0.717, 1.165) is 27.4 Å². The Morgan fingerprint density at radius 3 is 2.26 bits per heavy atom. The lowest BCUT2D eigenvalue weighted by Crippen LogP contribution is -2.51. The van der Waals surface area contributed by atoms with Crippen molar-refractivity contribution in [3.63, 3.8) is 0 Å². The quantitative estimate of drug-likeness (QED) is 0.357. The summed E-state index contributed by atoms with van der Waals surface area (Å²) in [7, 11) is -4.13. The average molecular weight is 556 g/mol.